The van der Waals surface area contributed by atoms with Crippen molar-refractivity contribution in [2.75, 3.05) is 5.32 Å². The number of aromatic nitrogens is 2. The van der Waals surface area contributed by atoms with Crippen LogP contribution in [0, 0.1) is 13.8 Å². The van der Waals surface area contributed by atoms with E-state index < -0.39 is 0 Å². The fourth-order valence-electron chi connectivity index (χ4n) is 1.75. The maximum atomic E-state index is 4.48. The molecule has 0 radical (unpaired) electrons. The maximum absolute atomic E-state index is 4.48. The second-order valence-electron chi connectivity index (χ2n) is 4.03. The van der Waals surface area contributed by atoms with E-state index in [1.807, 2.05) is 19.1 Å². The van der Waals surface area contributed by atoms with Gasteiger partial charge in [0, 0.05) is 22.9 Å². The molecule has 3 nitrogen and oxygen atoms in total. The molecule has 0 saturated carbocycles. The molecule has 0 aliphatic carbocycles. The Morgan fingerprint density at radius 2 is 2.12 bits per heavy atom. The van der Waals surface area contributed by atoms with Crippen molar-refractivity contribution in [1.82, 2.24) is 9.55 Å². The summed E-state index contributed by atoms with van der Waals surface area (Å²) in [5.41, 5.74) is 3.30. The zero-order valence-corrected chi connectivity index (χ0v) is 11.9. The summed E-state index contributed by atoms with van der Waals surface area (Å²) in [5, 5.41) is 3.38. The van der Waals surface area contributed by atoms with Crippen molar-refractivity contribution in [3.05, 3.63) is 40.1 Å². The number of anilines is 2. The number of rotatable bonds is 3. The van der Waals surface area contributed by atoms with Gasteiger partial charge in [-0.25, -0.2) is 4.98 Å². The Balaban J connectivity index is 2.34. The number of nitrogens with one attached hydrogen (secondary N) is 1. The Labute approximate surface area is 110 Å². The van der Waals surface area contributed by atoms with Gasteiger partial charge in [-0.15, -0.1) is 0 Å². The second kappa shape index (κ2) is 4.92. The molecule has 90 valence electrons. The van der Waals surface area contributed by atoms with Crippen molar-refractivity contribution >= 4 is 27.6 Å². The van der Waals surface area contributed by atoms with E-state index in [1.54, 1.807) is 0 Å². The molecule has 0 spiro atoms. The second-order valence-corrected chi connectivity index (χ2v) is 4.88. The van der Waals surface area contributed by atoms with E-state index in [4.69, 9.17) is 0 Å². The largest absolute Gasteiger partial charge is 0.325 e. The summed E-state index contributed by atoms with van der Waals surface area (Å²) in [6.07, 6.45) is 2.05. The molecule has 17 heavy (non-hydrogen) atoms. The summed E-state index contributed by atoms with van der Waals surface area (Å²) in [6, 6.07) is 6.12. The highest BCUT2D eigenvalue weighted by atomic mass is 79.9. The molecule has 2 rings (SSSR count). The molecule has 0 aliphatic heterocycles. The fraction of sp³-hybridized carbons (Fsp3) is 0.308. The van der Waals surface area contributed by atoms with E-state index >= 15 is 0 Å². The predicted octanol–water partition coefficient (Wildman–Crippen LogP) is 4.03. The van der Waals surface area contributed by atoms with Crippen LogP contribution < -0.4 is 5.32 Å². The molecule has 0 bridgehead atoms. The molecule has 0 saturated heterocycles. The minimum Gasteiger partial charge on any atom is -0.325 e. The topological polar surface area (TPSA) is 29.9 Å². The van der Waals surface area contributed by atoms with Crippen LogP contribution in [0.4, 0.5) is 11.6 Å². The zero-order chi connectivity index (χ0) is 12.4. The molecule has 1 heterocycles. The minimum atomic E-state index is 0.895. The summed E-state index contributed by atoms with van der Waals surface area (Å²) < 4.78 is 3.21. The van der Waals surface area contributed by atoms with Crippen LogP contribution in [0.3, 0.4) is 0 Å². The first-order valence-corrected chi connectivity index (χ1v) is 6.47. The number of benzene rings is 1. The summed E-state index contributed by atoms with van der Waals surface area (Å²) >= 11 is 3.53. The highest BCUT2D eigenvalue weighted by molar-refractivity contribution is 9.10. The Morgan fingerprint density at radius 3 is 2.82 bits per heavy atom. The van der Waals surface area contributed by atoms with Crippen LogP contribution in [0.15, 0.2) is 28.9 Å². The molecule has 0 amide bonds. The number of imidazole rings is 1. The highest BCUT2D eigenvalue weighted by Crippen LogP contribution is 2.26. The molecule has 1 aromatic carbocycles. The first kappa shape index (κ1) is 12.2. The van der Waals surface area contributed by atoms with Crippen LogP contribution in [0.5, 0.6) is 0 Å². The normalized spacial score (nSPS) is 10.6. The number of hydrogen-bond acceptors (Lipinski definition) is 2. The van der Waals surface area contributed by atoms with Gasteiger partial charge in [-0.2, -0.15) is 0 Å². The Kier molecular flexibility index (Phi) is 3.52. The molecule has 4 heteroatoms. The smallest absolute Gasteiger partial charge is 0.207 e. The van der Waals surface area contributed by atoms with Gasteiger partial charge in [0.2, 0.25) is 5.95 Å². The van der Waals surface area contributed by atoms with Crippen LogP contribution in [-0.2, 0) is 6.54 Å². The molecule has 0 unspecified atom stereocenters. The van der Waals surface area contributed by atoms with Gasteiger partial charge in [-0.05, 0) is 38.5 Å². The lowest BCUT2D eigenvalue weighted by molar-refractivity contribution is 0.771. The first-order chi connectivity index (χ1) is 8.11. The quantitative estimate of drug-likeness (QED) is 0.926. The van der Waals surface area contributed by atoms with E-state index in [-0.39, 0.29) is 0 Å². The van der Waals surface area contributed by atoms with Gasteiger partial charge < -0.3 is 9.88 Å². The lowest BCUT2D eigenvalue weighted by atomic mass is 10.2. The molecule has 0 fully saturated rings. The van der Waals surface area contributed by atoms with Gasteiger partial charge in [0.1, 0.15) is 0 Å². The lowest BCUT2D eigenvalue weighted by Gasteiger charge is -2.11. The summed E-state index contributed by atoms with van der Waals surface area (Å²) in [6.45, 7) is 7.11. The predicted molar refractivity (Wildman–Crippen MR) is 74.8 cm³/mol. The van der Waals surface area contributed by atoms with Gasteiger partial charge in [0.25, 0.3) is 0 Å². The lowest BCUT2D eigenvalue weighted by Crippen LogP contribution is -2.02. The van der Waals surface area contributed by atoms with Gasteiger partial charge in [-0.3, -0.25) is 0 Å². The van der Waals surface area contributed by atoms with Crippen molar-refractivity contribution in [3.8, 4) is 0 Å². The van der Waals surface area contributed by atoms with Crippen molar-refractivity contribution in [1.29, 1.82) is 0 Å². The fourth-order valence-corrected chi connectivity index (χ4v) is 2.12. The summed E-state index contributed by atoms with van der Waals surface area (Å²) in [7, 11) is 0. The Hall–Kier alpha value is -1.29. The number of aryl methyl sites for hydroxylation is 2. The van der Waals surface area contributed by atoms with Crippen LogP contribution >= 0.6 is 15.9 Å². The number of hydrogen-bond donors (Lipinski definition) is 1. The average Bonchev–Trinajstić information content (AvgIpc) is 2.65. The van der Waals surface area contributed by atoms with Gasteiger partial charge >= 0.3 is 0 Å². The highest BCUT2D eigenvalue weighted by Gasteiger charge is 2.07. The minimum absolute atomic E-state index is 0.895. The van der Waals surface area contributed by atoms with Crippen molar-refractivity contribution in [2.24, 2.45) is 0 Å². The van der Waals surface area contributed by atoms with Gasteiger partial charge in [0.05, 0.1) is 5.69 Å². The monoisotopic (exact) mass is 293 g/mol. The standard InChI is InChI=1S/C13H16BrN3/c1-4-17-8-9(2)15-13(17)16-12-7-5-6-11(14)10(12)3/h5-8H,4H2,1-3H3,(H,15,16). The third-order valence-corrected chi connectivity index (χ3v) is 3.61. The molecule has 1 aromatic heterocycles. The summed E-state index contributed by atoms with van der Waals surface area (Å²) in [4.78, 5) is 4.48. The molecule has 1 N–H and O–H groups in total. The van der Waals surface area contributed by atoms with E-state index in [9.17, 15) is 0 Å². The molecular formula is C13H16BrN3. The van der Waals surface area contributed by atoms with E-state index in [2.05, 4.69) is 56.9 Å². The molecule has 2 aromatic rings. The summed E-state index contributed by atoms with van der Waals surface area (Å²) in [5.74, 6) is 0.895. The van der Waals surface area contributed by atoms with Gasteiger partial charge in [0.15, 0.2) is 0 Å². The maximum Gasteiger partial charge on any atom is 0.207 e. The average molecular weight is 294 g/mol. The van der Waals surface area contributed by atoms with E-state index in [0.29, 0.717) is 0 Å². The SMILES string of the molecule is CCn1cc(C)nc1Nc1cccc(Br)c1C. The third-order valence-electron chi connectivity index (χ3n) is 2.75. The third kappa shape index (κ3) is 2.52. The van der Waals surface area contributed by atoms with Crippen LogP contribution in [-0.4, -0.2) is 9.55 Å². The van der Waals surface area contributed by atoms with Crippen molar-refractivity contribution in [2.45, 2.75) is 27.3 Å². The van der Waals surface area contributed by atoms with Crippen LogP contribution in [0.1, 0.15) is 18.2 Å². The van der Waals surface area contributed by atoms with Gasteiger partial charge in [-0.1, -0.05) is 22.0 Å². The van der Waals surface area contributed by atoms with Crippen molar-refractivity contribution in [3.63, 3.8) is 0 Å². The number of halogens is 1. The Bertz CT molecular complexity index is 531. The molecule has 0 aliphatic rings. The van der Waals surface area contributed by atoms with Crippen LogP contribution in [0.25, 0.3) is 0 Å². The molecular weight excluding hydrogens is 278 g/mol. The van der Waals surface area contributed by atoms with E-state index in [1.165, 1.54) is 5.56 Å². The molecule has 0 atom stereocenters. The first-order valence-electron chi connectivity index (χ1n) is 5.67. The Morgan fingerprint density at radius 1 is 1.35 bits per heavy atom. The zero-order valence-electron chi connectivity index (χ0n) is 10.3. The number of nitrogens with zero attached hydrogens (tertiary/aromatic N) is 2. The van der Waals surface area contributed by atoms with E-state index in [0.717, 1.165) is 28.3 Å². The van der Waals surface area contributed by atoms with Crippen molar-refractivity contribution < 1.29 is 0 Å². The van der Waals surface area contributed by atoms with Crippen LogP contribution in [0.2, 0.25) is 0 Å².